The summed E-state index contributed by atoms with van der Waals surface area (Å²) in [6.45, 7) is 1.09. The van der Waals surface area contributed by atoms with Crippen molar-refractivity contribution in [3.05, 3.63) is 33.8 Å². The minimum Gasteiger partial charge on any atom is -0.481 e. The zero-order valence-corrected chi connectivity index (χ0v) is 12.6. The van der Waals surface area contributed by atoms with Crippen LogP contribution in [0.1, 0.15) is 12.0 Å². The summed E-state index contributed by atoms with van der Waals surface area (Å²) in [7, 11) is 0. The van der Waals surface area contributed by atoms with Crippen molar-refractivity contribution in [2.45, 2.75) is 13.0 Å². The summed E-state index contributed by atoms with van der Waals surface area (Å²) in [5.41, 5.74) is 0.735. The summed E-state index contributed by atoms with van der Waals surface area (Å²) in [5, 5.41) is 19.4. The fourth-order valence-electron chi connectivity index (χ4n) is 2.62. The fraction of sp³-hybridized carbons (Fsp3) is 0.429. The zero-order valence-electron chi connectivity index (χ0n) is 11.1. The lowest BCUT2D eigenvalue weighted by Gasteiger charge is -2.34. The summed E-state index contributed by atoms with van der Waals surface area (Å²) in [4.78, 5) is 24.3. The smallest absolute Gasteiger partial charge is 0.308 e. The average Bonchev–Trinajstić information content (AvgIpc) is 2.42. The monoisotopic (exact) mass is 331 g/mol. The number of nitrogens with zero attached hydrogens (tertiary/aromatic N) is 1. The van der Waals surface area contributed by atoms with Crippen LogP contribution in [0.3, 0.4) is 0 Å². The molecule has 1 aromatic rings. The van der Waals surface area contributed by atoms with Crippen LogP contribution in [-0.2, 0) is 16.1 Å². The summed E-state index contributed by atoms with van der Waals surface area (Å²) >= 11 is 12.2. The average molecular weight is 332 g/mol. The molecule has 2 rings (SSSR count). The third-order valence-electron chi connectivity index (χ3n) is 3.77. The molecule has 5 nitrogen and oxygen atoms in total. The van der Waals surface area contributed by atoms with Gasteiger partial charge in [-0.2, -0.15) is 0 Å². The van der Waals surface area contributed by atoms with Crippen molar-refractivity contribution in [2.75, 3.05) is 13.1 Å². The van der Waals surface area contributed by atoms with E-state index in [4.69, 9.17) is 28.3 Å². The third kappa shape index (κ3) is 3.67. The lowest BCUT2D eigenvalue weighted by molar-refractivity contribution is -0.157. The van der Waals surface area contributed by atoms with Crippen molar-refractivity contribution in [3.8, 4) is 0 Å². The Kier molecular flexibility index (Phi) is 5.08. The van der Waals surface area contributed by atoms with Crippen LogP contribution in [0.4, 0.5) is 0 Å². The SMILES string of the molecule is O=C(O)C1CCN(Cc2c(Cl)cccc2Cl)CC1C(=O)O. The standard InChI is InChI=1S/C14H15Cl2NO4/c15-11-2-1-3-12(16)10(11)7-17-5-4-8(13(18)19)9(6-17)14(20)21/h1-3,8-9H,4-7H2,(H,18,19)(H,20,21). The van der Waals surface area contributed by atoms with Gasteiger partial charge in [0.2, 0.25) is 0 Å². The molecule has 1 fully saturated rings. The largest absolute Gasteiger partial charge is 0.481 e. The molecule has 1 saturated heterocycles. The molecule has 21 heavy (non-hydrogen) atoms. The van der Waals surface area contributed by atoms with E-state index in [9.17, 15) is 14.7 Å². The Morgan fingerprint density at radius 2 is 1.71 bits per heavy atom. The molecular weight excluding hydrogens is 317 g/mol. The van der Waals surface area contributed by atoms with Crippen LogP contribution in [0.15, 0.2) is 18.2 Å². The Morgan fingerprint density at radius 1 is 1.14 bits per heavy atom. The number of likely N-dealkylation sites (tertiary alicyclic amines) is 1. The first-order chi connectivity index (χ1) is 9.90. The van der Waals surface area contributed by atoms with Gasteiger partial charge in [-0.05, 0) is 25.1 Å². The van der Waals surface area contributed by atoms with Crippen molar-refractivity contribution < 1.29 is 19.8 Å². The van der Waals surface area contributed by atoms with E-state index < -0.39 is 23.8 Å². The van der Waals surface area contributed by atoms with Crippen LogP contribution in [0.2, 0.25) is 10.0 Å². The van der Waals surface area contributed by atoms with E-state index in [0.717, 1.165) is 5.56 Å². The predicted octanol–water partition coefficient (Wildman–Crippen LogP) is 2.60. The summed E-state index contributed by atoms with van der Waals surface area (Å²) in [5.74, 6) is -3.91. The molecule has 0 spiro atoms. The number of hydrogen-bond donors (Lipinski definition) is 2. The minimum atomic E-state index is -1.09. The molecule has 0 saturated carbocycles. The first-order valence-corrected chi connectivity index (χ1v) is 7.26. The Balaban J connectivity index is 2.13. The highest BCUT2D eigenvalue weighted by atomic mass is 35.5. The second-order valence-electron chi connectivity index (χ2n) is 5.11. The number of carboxylic acids is 2. The second-order valence-corrected chi connectivity index (χ2v) is 5.93. The van der Waals surface area contributed by atoms with Gasteiger partial charge in [0.15, 0.2) is 0 Å². The highest BCUT2D eigenvalue weighted by Crippen LogP contribution is 2.29. The van der Waals surface area contributed by atoms with Crippen LogP contribution in [-0.4, -0.2) is 40.1 Å². The maximum absolute atomic E-state index is 11.3. The maximum Gasteiger partial charge on any atom is 0.308 e. The summed E-state index contributed by atoms with van der Waals surface area (Å²) in [6.07, 6.45) is 0.300. The van der Waals surface area contributed by atoms with Crippen molar-refractivity contribution >= 4 is 35.1 Å². The number of hydrogen-bond acceptors (Lipinski definition) is 3. The lowest BCUT2D eigenvalue weighted by Crippen LogP contribution is -2.46. The molecule has 2 atom stereocenters. The highest BCUT2D eigenvalue weighted by molar-refractivity contribution is 6.35. The molecule has 114 valence electrons. The van der Waals surface area contributed by atoms with Gasteiger partial charge >= 0.3 is 11.9 Å². The van der Waals surface area contributed by atoms with Gasteiger partial charge in [-0.15, -0.1) is 0 Å². The van der Waals surface area contributed by atoms with Gasteiger partial charge in [0, 0.05) is 28.7 Å². The molecule has 0 bridgehead atoms. The van der Waals surface area contributed by atoms with Gasteiger partial charge in [-0.25, -0.2) is 0 Å². The number of piperidine rings is 1. The minimum absolute atomic E-state index is 0.174. The highest BCUT2D eigenvalue weighted by Gasteiger charge is 2.38. The van der Waals surface area contributed by atoms with Crippen molar-refractivity contribution in [1.29, 1.82) is 0 Å². The molecular formula is C14H15Cl2NO4. The van der Waals surface area contributed by atoms with Crippen LogP contribution >= 0.6 is 23.2 Å². The van der Waals surface area contributed by atoms with E-state index in [1.54, 1.807) is 18.2 Å². The van der Waals surface area contributed by atoms with Gasteiger partial charge in [0.05, 0.1) is 11.8 Å². The number of aliphatic carboxylic acids is 2. The van der Waals surface area contributed by atoms with E-state index in [2.05, 4.69) is 0 Å². The molecule has 1 aromatic carbocycles. The molecule has 2 unspecified atom stereocenters. The van der Waals surface area contributed by atoms with E-state index in [1.807, 2.05) is 4.90 Å². The maximum atomic E-state index is 11.3. The predicted molar refractivity (Wildman–Crippen MR) is 78.6 cm³/mol. The van der Waals surface area contributed by atoms with Gasteiger partial charge in [-0.3, -0.25) is 14.5 Å². The Hall–Kier alpha value is -1.30. The second kappa shape index (κ2) is 6.64. The zero-order chi connectivity index (χ0) is 15.6. The number of carboxylic acid groups (broad SMARTS) is 2. The van der Waals surface area contributed by atoms with Gasteiger partial charge in [0.25, 0.3) is 0 Å². The van der Waals surface area contributed by atoms with Crippen LogP contribution < -0.4 is 0 Å². The first kappa shape index (κ1) is 16.1. The molecule has 7 heteroatoms. The molecule has 0 aliphatic carbocycles. The van der Waals surface area contributed by atoms with Crippen molar-refractivity contribution in [2.24, 2.45) is 11.8 Å². The molecule has 1 aliphatic rings. The van der Waals surface area contributed by atoms with E-state index in [0.29, 0.717) is 29.6 Å². The van der Waals surface area contributed by atoms with Crippen molar-refractivity contribution in [1.82, 2.24) is 4.90 Å². The van der Waals surface area contributed by atoms with E-state index >= 15 is 0 Å². The molecule has 0 radical (unpaired) electrons. The van der Waals surface area contributed by atoms with Crippen LogP contribution in [0.5, 0.6) is 0 Å². The number of halogens is 2. The molecule has 1 heterocycles. The third-order valence-corrected chi connectivity index (χ3v) is 4.48. The number of carbonyl (C=O) groups is 2. The first-order valence-electron chi connectivity index (χ1n) is 6.51. The Labute approximate surface area is 132 Å². The Morgan fingerprint density at radius 3 is 2.24 bits per heavy atom. The van der Waals surface area contributed by atoms with Crippen LogP contribution in [0.25, 0.3) is 0 Å². The lowest BCUT2D eigenvalue weighted by atomic mass is 9.85. The number of benzene rings is 1. The van der Waals surface area contributed by atoms with E-state index in [-0.39, 0.29) is 6.54 Å². The fourth-order valence-corrected chi connectivity index (χ4v) is 3.13. The van der Waals surface area contributed by atoms with Crippen molar-refractivity contribution in [3.63, 3.8) is 0 Å². The van der Waals surface area contributed by atoms with Gasteiger partial charge in [0.1, 0.15) is 0 Å². The van der Waals surface area contributed by atoms with Gasteiger partial charge < -0.3 is 10.2 Å². The molecule has 2 N–H and O–H groups in total. The topological polar surface area (TPSA) is 77.8 Å². The molecule has 1 aliphatic heterocycles. The Bertz CT molecular complexity index is 544. The summed E-state index contributed by atoms with van der Waals surface area (Å²) in [6, 6.07) is 5.19. The molecule has 0 aromatic heterocycles. The summed E-state index contributed by atoms with van der Waals surface area (Å²) < 4.78 is 0. The normalized spacial score (nSPS) is 23.0. The van der Waals surface area contributed by atoms with Crippen LogP contribution in [0, 0.1) is 11.8 Å². The number of rotatable bonds is 4. The van der Waals surface area contributed by atoms with E-state index in [1.165, 1.54) is 0 Å². The quantitative estimate of drug-likeness (QED) is 0.886. The molecule has 0 amide bonds. The van der Waals surface area contributed by atoms with Gasteiger partial charge in [-0.1, -0.05) is 29.3 Å².